The average Bonchev–Trinajstić information content (AvgIpc) is 2.50. The second-order valence-corrected chi connectivity index (χ2v) is 5.87. The zero-order valence-corrected chi connectivity index (χ0v) is 14.2. The van der Waals surface area contributed by atoms with Crippen molar-refractivity contribution in [2.24, 2.45) is 0 Å². The summed E-state index contributed by atoms with van der Waals surface area (Å²) < 4.78 is 0. The van der Waals surface area contributed by atoms with E-state index in [4.69, 9.17) is 11.6 Å². The van der Waals surface area contributed by atoms with E-state index in [9.17, 15) is 4.79 Å². The highest BCUT2D eigenvalue weighted by Gasteiger charge is 2.09. The van der Waals surface area contributed by atoms with Crippen LogP contribution in [-0.4, -0.2) is 48.0 Å². The van der Waals surface area contributed by atoms with E-state index in [1.807, 2.05) is 38.1 Å². The lowest BCUT2D eigenvalue weighted by atomic mass is 10.2. The second kappa shape index (κ2) is 7.89. The zero-order valence-electron chi connectivity index (χ0n) is 13.4. The van der Waals surface area contributed by atoms with Gasteiger partial charge in [0.15, 0.2) is 0 Å². The van der Waals surface area contributed by atoms with Gasteiger partial charge in [-0.15, -0.1) is 0 Å². The molecule has 2 N–H and O–H groups in total. The summed E-state index contributed by atoms with van der Waals surface area (Å²) in [4.78, 5) is 22.2. The highest BCUT2D eigenvalue weighted by atomic mass is 35.5. The van der Waals surface area contributed by atoms with Crippen molar-refractivity contribution in [2.75, 3.05) is 32.5 Å². The number of carbonyl (C=O) groups is 1. The van der Waals surface area contributed by atoms with Crippen molar-refractivity contribution in [2.45, 2.75) is 6.92 Å². The number of carbonyl (C=O) groups excluding carboxylic acids is 1. The predicted octanol–water partition coefficient (Wildman–Crippen LogP) is 2.47. The van der Waals surface area contributed by atoms with E-state index >= 15 is 0 Å². The number of halogens is 1. The van der Waals surface area contributed by atoms with Crippen molar-refractivity contribution >= 4 is 29.0 Å². The Labute approximate surface area is 140 Å². The number of nitrogens with zero attached hydrogens (tertiary/aromatic N) is 3. The predicted molar refractivity (Wildman–Crippen MR) is 92.4 cm³/mol. The van der Waals surface area contributed by atoms with Gasteiger partial charge >= 0.3 is 0 Å². The van der Waals surface area contributed by atoms with Crippen LogP contribution in [0.25, 0.3) is 0 Å². The van der Waals surface area contributed by atoms with E-state index < -0.39 is 0 Å². The molecule has 2 rings (SSSR count). The molecule has 0 aliphatic heterocycles. The largest absolute Gasteiger partial charge is 0.349 e. The van der Waals surface area contributed by atoms with Crippen LogP contribution in [0.2, 0.25) is 5.02 Å². The molecule has 6 nitrogen and oxygen atoms in total. The van der Waals surface area contributed by atoms with Crippen molar-refractivity contribution < 1.29 is 4.79 Å². The molecule has 0 spiro atoms. The lowest BCUT2D eigenvalue weighted by molar-refractivity contribution is 0.0946. The Morgan fingerprint density at radius 1 is 1.26 bits per heavy atom. The lowest BCUT2D eigenvalue weighted by Crippen LogP contribution is -2.31. The van der Waals surface area contributed by atoms with Gasteiger partial charge in [0.05, 0.1) is 0 Å². The summed E-state index contributed by atoms with van der Waals surface area (Å²) in [7, 11) is 3.90. The van der Waals surface area contributed by atoms with Gasteiger partial charge in [-0.05, 0) is 44.8 Å². The molecule has 0 unspecified atom stereocenters. The number of benzene rings is 1. The number of aryl methyl sites for hydroxylation is 1. The van der Waals surface area contributed by atoms with Crippen LogP contribution in [-0.2, 0) is 0 Å². The van der Waals surface area contributed by atoms with Crippen LogP contribution in [0.4, 0.5) is 11.5 Å². The highest BCUT2D eigenvalue weighted by Crippen LogP contribution is 2.22. The molecule has 2 aromatic rings. The third-order valence-electron chi connectivity index (χ3n) is 3.20. The van der Waals surface area contributed by atoms with Gasteiger partial charge in [-0.2, -0.15) is 0 Å². The molecule has 1 aromatic carbocycles. The van der Waals surface area contributed by atoms with Gasteiger partial charge in [0.1, 0.15) is 17.8 Å². The van der Waals surface area contributed by atoms with Crippen LogP contribution < -0.4 is 10.6 Å². The van der Waals surface area contributed by atoms with Gasteiger partial charge in [-0.25, -0.2) is 9.97 Å². The van der Waals surface area contributed by atoms with Crippen LogP contribution in [0.5, 0.6) is 0 Å². The Kier molecular flexibility index (Phi) is 5.90. The third-order valence-corrected chi connectivity index (χ3v) is 3.43. The molecule has 0 saturated carbocycles. The molecule has 0 fully saturated rings. The van der Waals surface area contributed by atoms with Crippen molar-refractivity contribution in [1.82, 2.24) is 20.2 Å². The number of likely N-dealkylation sites (N-methyl/N-ethyl adjacent to an activating group) is 1. The zero-order chi connectivity index (χ0) is 16.8. The normalized spacial score (nSPS) is 10.7. The molecular formula is C16H20ClN5O. The van der Waals surface area contributed by atoms with Crippen LogP contribution >= 0.6 is 11.6 Å². The fourth-order valence-electron chi connectivity index (χ4n) is 1.94. The molecule has 0 aliphatic carbocycles. The van der Waals surface area contributed by atoms with Gasteiger partial charge in [0.2, 0.25) is 0 Å². The minimum absolute atomic E-state index is 0.217. The first kappa shape index (κ1) is 17.2. The van der Waals surface area contributed by atoms with E-state index in [2.05, 4.69) is 20.6 Å². The van der Waals surface area contributed by atoms with Crippen molar-refractivity contribution in [3.05, 3.63) is 46.9 Å². The Bertz CT molecular complexity index is 690. The SMILES string of the molecule is Cc1cc(Cl)ccc1Nc1cc(C(=O)NCCN(C)C)ncn1. The number of amides is 1. The van der Waals surface area contributed by atoms with Gasteiger partial charge < -0.3 is 15.5 Å². The second-order valence-electron chi connectivity index (χ2n) is 5.43. The van der Waals surface area contributed by atoms with E-state index in [1.54, 1.807) is 12.1 Å². The maximum Gasteiger partial charge on any atom is 0.270 e. The summed E-state index contributed by atoms with van der Waals surface area (Å²) in [6.45, 7) is 3.28. The number of nitrogens with one attached hydrogen (secondary N) is 2. The number of hydrogen-bond acceptors (Lipinski definition) is 5. The first-order valence-corrected chi connectivity index (χ1v) is 7.61. The van der Waals surface area contributed by atoms with Gasteiger partial charge in [0.25, 0.3) is 5.91 Å². The molecule has 23 heavy (non-hydrogen) atoms. The summed E-state index contributed by atoms with van der Waals surface area (Å²) >= 11 is 5.95. The average molecular weight is 334 g/mol. The Morgan fingerprint density at radius 2 is 2.04 bits per heavy atom. The highest BCUT2D eigenvalue weighted by molar-refractivity contribution is 6.30. The van der Waals surface area contributed by atoms with Crippen LogP contribution in [0.15, 0.2) is 30.6 Å². The van der Waals surface area contributed by atoms with Crippen molar-refractivity contribution in [1.29, 1.82) is 0 Å². The summed E-state index contributed by atoms with van der Waals surface area (Å²) in [6.07, 6.45) is 1.37. The molecule has 7 heteroatoms. The topological polar surface area (TPSA) is 70.2 Å². The Hall–Kier alpha value is -2.18. The Balaban J connectivity index is 2.06. The smallest absolute Gasteiger partial charge is 0.270 e. The minimum Gasteiger partial charge on any atom is -0.349 e. The van der Waals surface area contributed by atoms with Gasteiger partial charge in [0, 0.05) is 29.9 Å². The van der Waals surface area contributed by atoms with Crippen LogP contribution in [0.3, 0.4) is 0 Å². The van der Waals surface area contributed by atoms with Gasteiger partial charge in [-0.3, -0.25) is 4.79 Å². The molecule has 1 heterocycles. The number of hydrogen-bond donors (Lipinski definition) is 2. The summed E-state index contributed by atoms with van der Waals surface area (Å²) in [6, 6.07) is 7.16. The molecule has 0 saturated heterocycles. The quantitative estimate of drug-likeness (QED) is 0.850. The molecule has 0 radical (unpaired) electrons. The minimum atomic E-state index is -0.217. The van der Waals surface area contributed by atoms with Gasteiger partial charge in [-0.1, -0.05) is 11.6 Å². The standard InChI is InChI=1S/C16H20ClN5O/c1-11-8-12(17)4-5-13(11)21-15-9-14(19-10-20-15)16(23)18-6-7-22(2)3/h4-5,8-10H,6-7H2,1-3H3,(H,18,23)(H,19,20,21). The fraction of sp³-hybridized carbons (Fsp3) is 0.312. The lowest BCUT2D eigenvalue weighted by Gasteiger charge is -2.11. The number of aromatic nitrogens is 2. The van der Waals surface area contributed by atoms with E-state index in [-0.39, 0.29) is 5.91 Å². The monoisotopic (exact) mass is 333 g/mol. The molecule has 122 valence electrons. The summed E-state index contributed by atoms with van der Waals surface area (Å²) in [5, 5.41) is 6.67. The van der Waals surface area contributed by atoms with Crippen molar-refractivity contribution in [3.8, 4) is 0 Å². The van der Waals surface area contributed by atoms with Crippen LogP contribution in [0, 0.1) is 6.92 Å². The molecular weight excluding hydrogens is 314 g/mol. The maximum absolute atomic E-state index is 12.1. The Morgan fingerprint density at radius 3 is 2.74 bits per heavy atom. The third kappa shape index (κ3) is 5.19. The van der Waals surface area contributed by atoms with E-state index in [1.165, 1.54) is 6.33 Å². The van der Waals surface area contributed by atoms with Crippen molar-refractivity contribution in [3.63, 3.8) is 0 Å². The first-order chi connectivity index (χ1) is 11.0. The fourth-order valence-corrected chi connectivity index (χ4v) is 2.17. The number of anilines is 2. The molecule has 0 atom stereocenters. The number of rotatable bonds is 6. The summed E-state index contributed by atoms with van der Waals surface area (Å²) in [5.74, 6) is 0.341. The maximum atomic E-state index is 12.1. The molecule has 1 amide bonds. The van der Waals surface area contributed by atoms with E-state index in [0.29, 0.717) is 23.1 Å². The molecule has 0 aliphatic rings. The first-order valence-electron chi connectivity index (χ1n) is 7.24. The van der Waals surface area contributed by atoms with E-state index in [0.717, 1.165) is 17.8 Å². The summed E-state index contributed by atoms with van der Waals surface area (Å²) in [5.41, 5.74) is 2.20. The van der Waals surface area contributed by atoms with Crippen LogP contribution in [0.1, 0.15) is 16.1 Å². The molecule has 1 aromatic heterocycles. The molecule has 0 bridgehead atoms.